The van der Waals surface area contributed by atoms with Crippen LogP contribution in [0.2, 0.25) is 0 Å². The van der Waals surface area contributed by atoms with Gasteiger partial charge in [0, 0.05) is 21.3 Å². The molecule has 168 valence electrons. The van der Waals surface area contributed by atoms with Gasteiger partial charge < -0.3 is 29.2 Å². The Morgan fingerprint density at radius 2 is 1.19 bits per heavy atom. The van der Waals surface area contributed by atoms with Crippen molar-refractivity contribution in [2.24, 2.45) is 0 Å². The molecule has 2 N–H and O–H groups in total. The Hall–Kier alpha value is -2.72. The molecule has 2 aromatic carbocycles. The first-order valence-electron chi connectivity index (χ1n) is 9.23. The smallest absolute Gasteiger partial charge is 0.317 e. The van der Waals surface area contributed by atoms with E-state index in [0.717, 1.165) is 9.79 Å². The molecule has 0 aliphatic heterocycles. The largest absolute Gasteiger partial charge is 0.504 e. The van der Waals surface area contributed by atoms with E-state index in [1.54, 1.807) is 24.3 Å². The number of benzene rings is 2. The van der Waals surface area contributed by atoms with Gasteiger partial charge in [-0.2, -0.15) is 0 Å². The molecule has 10 heteroatoms. The molecule has 0 aliphatic carbocycles. The lowest BCUT2D eigenvalue weighted by molar-refractivity contribution is -0.153. The lowest BCUT2D eigenvalue weighted by Gasteiger charge is -2.08. The molecule has 8 nitrogen and oxygen atoms in total. The summed E-state index contributed by atoms with van der Waals surface area (Å²) in [5.41, 5.74) is 0. The minimum absolute atomic E-state index is 0.0537. The van der Waals surface area contributed by atoms with Gasteiger partial charge in [-0.05, 0) is 36.4 Å². The summed E-state index contributed by atoms with van der Waals surface area (Å²) in [5, 5.41) is 19.1. The second-order valence-electron chi connectivity index (χ2n) is 5.98. The quantitative estimate of drug-likeness (QED) is 0.208. The van der Waals surface area contributed by atoms with Gasteiger partial charge in [0.2, 0.25) is 0 Å². The van der Waals surface area contributed by atoms with Crippen molar-refractivity contribution in [1.29, 1.82) is 0 Å². The highest BCUT2D eigenvalue weighted by molar-refractivity contribution is 7.99. The van der Waals surface area contributed by atoms with Crippen molar-refractivity contribution < 1.29 is 38.7 Å². The van der Waals surface area contributed by atoms with Gasteiger partial charge in [-0.3, -0.25) is 9.59 Å². The number of ether oxygens (including phenoxy) is 4. The van der Waals surface area contributed by atoms with E-state index in [1.165, 1.54) is 49.9 Å². The van der Waals surface area contributed by atoms with E-state index in [9.17, 15) is 19.8 Å². The minimum Gasteiger partial charge on any atom is -0.504 e. The van der Waals surface area contributed by atoms with Crippen LogP contribution in [0.4, 0.5) is 0 Å². The maximum atomic E-state index is 11.7. The van der Waals surface area contributed by atoms with E-state index in [2.05, 4.69) is 0 Å². The third-order valence-corrected chi connectivity index (χ3v) is 5.74. The minimum atomic E-state index is -0.648. The van der Waals surface area contributed by atoms with Crippen molar-refractivity contribution in [3.8, 4) is 23.0 Å². The van der Waals surface area contributed by atoms with Crippen LogP contribution in [-0.4, -0.2) is 61.1 Å². The average molecular weight is 469 g/mol. The standard InChI is InChI=1S/C21H24O8S2/c1-26-18-11-14(3-5-16(18)22)30-9-7-28-20(24)13-21(25)29-8-10-31-15-4-6-17(23)19(12-15)27-2/h3-6,11-12,22-23H,7-10,13H2,1-2H3. The molecular formula is C21H24O8S2. The Morgan fingerprint density at radius 3 is 1.58 bits per heavy atom. The van der Waals surface area contributed by atoms with Crippen LogP contribution < -0.4 is 9.47 Å². The lowest BCUT2D eigenvalue weighted by atomic mass is 10.3. The number of phenolic OH excluding ortho intramolecular Hbond substituents is 2. The Labute approximate surface area is 188 Å². The highest BCUT2D eigenvalue weighted by Crippen LogP contribution is 2.31. The van der Waals surface area contributed by atoms with E-state index in [-0.39, 0.29) is 24.7 Å². The van der Waals surface area contributed by atoms with Gasteiger partial charge in [0.05, 0.1) is 14.2 Å². The predicted molar refractivity (Wildman–Crippen MR) is 117 cm³/mol. The molecule has 0 amide bonds. The number of methoxy groups -OCH3 is 2. The van der Waals surface area contributed by atoms with Gasteiger partial charge in [0.25, 0.3) is 0 Å². The summed E-state index contributed by atoms with van der Waals surface area (Å²) in [5.74, 6) is 0.522. The Balaban J connectivity index is 1.59. The SMILES string of the molecule is COc1cc(SCCOC(=O)CC(=O)OCCSc2ccc(O)c(OC)c2)ccc1O. The number of phenols is 2. The Bertz CT molecular complexity index is 816. The van der Waals surface area contributed by atoms with Crippen LogP contribution >= 0.6 is 23.5 Å². The first-order valence-corrected chi connectivity index (χ1v) is 11.2. The van der Waals surface area contributed by atoms with Crippen molar-refractivity contribution in [3.05, 3.63) is 36.4 Å². The lowest BCUT2D eigenvalue weighted by Crippen LogP contribution is -2.16. The topological polar surface area (TPSA) is 112 Å². The summed E-state index contributed by atoms with van der Waals surface area (Å²) in [6.07, 6.45) is -0.449. The van der Waals surface area contributed by atoms with E-state index in [4.69, 9.17) is 18.9 Å². The van der Waals surface area contributed by atoms with Crippen LogP contribution in [0.15, 0.2) is 46.2 Å². The molecule has 0 radical (unpaired) electrons. The van der Waals surface area contributed by atoms with Gasteiger partial charge in [-0.25, -0.2) is 0 Å². The van der Waals surface area contributed by atoms with Gasteiger partial charge >= 0.3 is 11.9 Å². The summed E-state index contributed by atoms with van der Waals surface area (Å²) in [7, 11) is 2.93. The number of hydrogen-bond acceptors (Lipinski definition) is 10. The number of hydrogen-bond donors (Lipinski definition) is 2. The summed E-state index contributed by atoms with van der Waals surface area (Å²) >= 11 is 2.85. The number of carbonyl (C=O) groups excluding carboxylic acids is 2. The van der Waals surface area contributed by atoms with Crippen molar-refractivity contribution in [3.63, 3.8) is 0 Å². The van der Waals surface area contributed by atoms with E-state index >= 15 is 0 Å². The van der Waals surface area contributed by atoms with Crippen LogP contribution in [0, 0.1) is 0 Å². The van der Waals surface area contributed by atoms with E-state index in [1.807, 2.05) is 0 Å². The van der Waals surface area contributed by atoms with Crippen LogP contribution in [0.25, 0.3) is 0 Å². The molecule has 0 fully saturated rings. The molecule has 2 aromatic rings. The first-order chi connectivity index (χ1) is 14.9. The van der Waals surface area contributed by atoms with Crippen LogP contribution in [0.3, 0.4) is 0 Å². The molecule has 0 heterocycles. The normalized spacial score (nSPS) is 10.4. The van der Waals surface area contributed by atoms with Crippen molar-refractivity contribution >= 4 is 35.5 Å². The number of esters is 2. The summed E-state index contributed by atoms with van der Waals surface area (Å²) < 4.78 is 20.2. The number of rotatable bonds is 12. The maximum Gasteiger partial charge on any atom is 0.317 e. The molecule has 0 bridgehead atoms. The third-order valence-electron chi connectivity index (χ3n) is 3.82. The van der Waals surface area contributed by atoms with Crippen LogP contribution in [0.1, 0.15) is 6.42 Å². The summed E-state index contributed by atoms with van der Waals surface area (Å²) in [6, 6.07) is 9.89. The van der Waals surface area contributed by atoms with Crippen LogP contribution in [-0.2, 0) is 19.1 Å². The summed E-state index contributed by atoms with van der Waals surface area (Å²) in [6.45, 7) is 0.275. The predicted octanol–water partition coefficient (Wildman–Crippen LogP) is 3.48. The van der Waals surface area contributed by atoms with Gasteiger partial charge in [-0.15, -0.1) is 23.5 Å². The molecule has 0 saturated heterocycles. The Kier molecular flexibility index (Phi) is 10.2. The van der Waals surface area contributed by atoms with E-state index < -0.39 is 18.4 Å². The van der Waals surface area contributed by atoms with Gasteiger partial charge in [0.15, 0.2) is 23.0 Å². The highest BCUT2D eigenvalue weighted by atomic mass is 32.2. The first kappa shape index (κ1) is 24.5. The molecule has 0 spiro atoms. The van der Waals surface area contributed by atoms with Gasteiger partial charge in [-0.1, -0.05) is 0 Å². The molecule has 0 unspecified atom stereocenters. The fourth-order valence-electron chi connectivity index (χ4n) is 2.35. The molecule has 0 aromatic heterocycles. The second kappa shape index (κ2) is 12.9. The molecule has 2 rings (SSSR count). The number of thioether (sulfide) groups is 2. The monoisotopic (exact) mass is 468 g/mol. The zero-order valence-corrected chi connectivity index (χ0v) is 18.8. The molecule has 0 aliphatic rings. The fourth-order valence-corrected chi connectivity index (χ4v) is 3.86. The zero-order valence-electron chi connectivity index (χ0n) is 17.2. The molecule has 0 saturated carbocycles. The molecule has 31 heavy (non-hydrogen) atoms. The van der Waals surface area contributed by atoms with Crippen molar-refractivity contribution in [2.45, 2.75) is 16.2 Å². The highest BCUT2D eigenvalue weighted by Gasteiger charge is 2.12. The van der Waals surface area contributed by atoms with Crippen molar-refractivity contribution in [1.82, 2.24) is 0 Å². The van der Waals surface area contributed by atoms with Crippen molar-refractivity contribution in [2.75, 3.05) is 38.9 Å². The zero-order chi connectivity index (χ0) is 22.6. The molecular weight excluding hydrogens is 444 g/mol. The van der Waals surface area contributed by atoms with Gasteiger partial charge in [0.1, 0.15) is 19.6 Å². The van der Waals surface area contributed by atoms with Crippen LogP contribution in [0.5, 0.6) is 23.0 Å². The molecule has 0 atom stereocenters. The Morgan fingerprint density at radius 1 is 0.774 bits per heavy atom. The fraction of sp³-hybridized carbons (Fsp3) is 0.333. The summed E-state index contributed by atoms with van der Waals surface area (Å²) in [4.78, 5) is 25.2. The number of carbonyl (C=O) groups is 2. The van der Waals surface area contributed by atoms with E-state index in [0.29, 0.717) is 23.0 Å². The third kappa shape index (κ3) is 8.50. The maximum absolute atomic E-state index is 11.7. The average Bonchev–Trinajstić information content (AvgIpc) is 2.76. The second-order valence-corrected chi connectivity index (χ2v) is 8.32. The number of aromatic hydroxyl groups is 2.